The average Bonchev–Trinajstić information content (AvgIpc) is 2.72. The van der Waals surface area contributed by atoms with E-state index in [1.807, 2.05) is 30.3 Å². The normalized spacial score (nSPS) is 12.8. The Morgan fingerprint density at radius 1 is 0.909 bits per heavy atom. The van der Waals surface area contributed by atoms with Gasteiger partial charge >= 0.3 is 12.1 Å². The van der Waals surface area contributed by atoms with Crippen molar-refractivity contribution in [3.63, 3.8) is 0 Å². The van der Waals surface area contributed by atoms with Crippen LogP contribution in [0.25, 0.3) is 0 Å². The first kappa shape index (κ1) is 25.7. The highest BCUT2D eigenvalue weighted by molar-refractivity contribution is 5.93. The fourth-order valence-electron chi connectivity index (χ4n) is 3.01. The molecule has 0 aliphatic rings. The molecule has 0 spiro atoms. The smallest absolute Gasteiger partial charge is 0.408 e. The number of hydrogen-bond donors (Lipinski definition) is 3. The number of phenolic OH excluding ortho intramolecular Hbond substituents is 1. The molecule has 0 aromatic heterocycles. The Bertz CT molecular complexity index is 938. The van der Waals surface area contributed by atoms with Crippen LogP contribution in [0.1, 0.15) is 45.2 Å². The molecule has 0 saturated carbocycles. The quantitative estimate of drug-likeness (QED) is 0.498. The summed E-state index contributed by atoms with van der Waals surface area (Å²) in [6.45, 7) is 6.92. The van der Waals surface area contributed by atoms with E-state index in [0.29, 0.717) is 6.42 Å². The van der Waals surface area contributed by atoms with Gasteiger partial charge < -0.3 is 25.2 Å². The Kier molecular flexibility index (Phi) is 8.85. The second-order valence-electron chi connectivity index (χ2n) is 8.95. The largest absolute Gasteiger partial charge is 0.508 e. The number of carbonyl (C=O) groups is 3. The minimum atomic E-state index is -1.58. The summed E-state index contributed by atoms with van der Waals surface area (Å²) in [4.78, 5) is 37.9. The molecule has 3 N–H and O–H groups in total. The van der Waals surface area contributed by atoms with Gasteiger partial charge in [0.1, 0.15) is 23.5 Å². The zero-order valence-electron chi connectivity index (χ0n) is 19.5. The van der Waals surface area contributed by atoms with Gasteiger partial charge in [-0.25, -0.2) is 4.79 Å². The number of esters is 1. The van der Waals surface area contributed by atoms with Crippen LogP contribution in [0.5, 0.6) is 5.75 Å². The van der Waals surface area contributed by atoms with Crippen LogP contribution < -0.4 is 10.6 Å². The van der Waals surface area contributed by atoms with Crippen LogP contribution in [0, 0.1) is 0 Å². The number of benzene rings is 2. The van der Waals surface area contributed by atoms with Crippen molar-refractivity contribution in [3.8, 4) is 5.75 Å². The summed E-state index contributed by atoms with van der Waals surface area (Å²) in [7, 11) is 0. The van der Waals surface area contributed by atoms with E-state index in [2.05, 4.69) is 10.6 Å². The minimum absolute atomic E-state index is 0.0255. The highest BCUT2D eigenvalue weighted by atomic mass is 16.6. The third-order valence-corrected chi connectivity index (χ3v) is 4.65. The number of ether oxygens (including phenoxy) is 2. The van der Waals surface area contributed by atoms with Gasteiger partial charge in [-0.15, -0.1) is 0 Å². The Morgan fingerprint density at radius 3 is 2.15 bits per heavy atom. The van der Waals surface area contributed by atoms with Crippen LogP contribution in [0.15, 0.2) is 54.6 Å². The van der Waals surface area contributed by atoms with Gasteiger partial charge in [0.25, 0.3) is 0 Å². The molecule has 0 unspecified atom stereocenters. The van der Waals surface area contributed by atoms with E-state index in [4.69, 9.17) is 9.47 Å². The zero-order valence-corrected chi connectivity index (χ0v) is 19.5. The highest BCUT2D eigenvalue weighted by Crippen LogP contribution is 2.17. The fourth-order valence-corrected chi connectivity index (χ4v) is 3.01. The van der Waals surface area contributed by atoms with Crippen molar-refractivity contribution in [2.45, 2.75) is 58.3 Å². The van der Waals surface area contributed by atoms with Gasteiger partial charge in [-0.1, -0.05) is 42.5 Å². The first-order chi connectivity index (χ1) is 15.5. The van der Waals surface area contributed by atoms with E-state index in [1.54, 1.807) is 45.0 Å². The number of carbonyl (C=O) groups excluding carboxylic acids is 3. The van der Waals surface area contributed by atoms with E-state index in [9.17, 15) is 19.5 Å². The van der Waals surface area contributed by atoms with Crippen LogP contribution in [0.2, 0.25) is 0 Å². The van der Waals surface area contributed by atoms with Gasteiger partial charge in [0, 0.05) is 6.54 Å². The Balaban J connectivity index is 2.02. The number of rotatable bonds is 9. The van der Waals surface area contributed by atoms with Crippen LogP contribution in [-0.2, 0) is 32.1 Å². The molecule has 8 heteroatoms. The van der Waals surface area contributed by atoms with E-state index < -0.39 is 29.1 Å². The maximum atomic E-state index is 13.0. The molecule has 2 rings (SSSR count). The van der Waals surface area contributed by atoms with Crippen molar-refractivity contribution in [3.05, 3.63) is 65.7 Å². The Labute approximate surface area is 194 Å². The predicted octanol–water partition coefficient (Wildman–Crippen LogP) is 3.47. The molecule has 178 valence electrons. The number of alkyl carbamates (subject to hydrolysis) is 1. The molecule has 2 amide bonds. The molecule has 0 radical (unpaired) electrons. The molecule has 0 aliphatic heterocycles. The number of hydrogen-bond acceptors (Lipinski definition) is 6. The summed E-state index contributed by atoms with van der Waals surface area (Å²) in [5.41, 5.74) is -0.608. The van der Waals surface area contributed by atoms with E-state index in [0.717, 1.165) is 11.1 Å². The van der Waals surface area contributed by atoms with Gasteiger partial charge in [0.05, 0.1) is 6.42 Å². The number of aromatic hydroxyl groups is 1. The molecule has 2 aromatic rings. The van der Waals surface area contributed by atoms with Gasteiger partial charge in [-0.3, -0.25) is 9.59 Å². The van der Waals surface area contributed by atoms with Crippen LogP contribution >= 0.6 is 0 Å². The Morgan fingerprint density at radius 2 is 1.55 bits per heavy atom. The van der Waals surface area contributed by atoms with E-state index in [1.165, 1.54) is 6.92 Å². The van der Waals surface area contributed by atoms with Crippen molar-refractivity contribution in [2.24, 2.45) is 0 Å². The maximum Gasteiger partial charge on any atom is 0.408 e. The second-order valence-corrected chi connectivity index (χ2v) is 8.95. The summed E-state index contributed by atoms with van der Waals surface area (Å²) in [6, 6.07) is 15.7. The monoisotopic (exact) mass is 456 g/mol. The number of phenols is 1. The molecule has 33 heavy (non-hydrogen) atoms. The molecule has 0 saturated heterocycles. The number of nitrogens with one attached hydrogen (secondary N) is 2. The van der Waals surface area contributed by atoms with Gasteiger partial charge in [0.2, 0.25) is 5.91 Å². The summed E-state index contributed by atoms with van der Waals surface area (Å²) >= 11 is 0. The molecule has 8 nitrogen and oxygen atoms in total. The molecule has 1 atom stereocenters. The minimum Gasteiger partial charge on any atom is -0.508 e. The topological polar surface area (TPSA) is 114 Å². The van der Waals surface area contributed by atoms with E-state index >= 15 is 0 Å². The lowest BCUT2D eigenvalue weighted by atomic mass is 9.96. The number of amides is 2. The highest BCUT2D eigenvalue weighted by Gasteiger charge is 2.39. The van der Waals surface area contributed by atoms with Crippen molar-refractivity contribution in [1.82, 2.24) is 10.6 Å². The zero-order chi connectivity index (χ0) is 24.5. The van der Waals surface area contributed by atoms with Crippen molar-refractivity contribution >= 4 is 18.0 Å². The standard InChI is InChI=1S/C25H32N2O6/c1-24(2,3)33-21(29)16-25(4,27-23(31)32-17-19-8-6-5-7-9-19)22(30)26-15-14-18-10-12-20(28)13-11-18/h5-13,28H,14-17H2,1-4H3,(H,26,30)(H,27,31)/t25-/m1/s1. The van der Waals surface area contributed by atoms with Gasteiger partial charge in [0.15, 0.2) is 0 Å². The molecule has 0 bridgehead atoms. The van der Waals surface area contributed by atoms with Crippen LogP contribution in [-0.4, -0.2) is 40.8 Å². The first-order valence-electron chi connectivity index (χ1n) is 10.7. The van der Waals surface area contributed by atoms with Crippen molar-refractivity contribution in [2.75, 3.05) is 6.54 Å². The maximum absolute atomic E-state index is 13.0. The SMILES string of the molecule is CC(C)(C)OC(=O)C[C@@](C)(NC(=O)OCc1ccccc1)C(=O)NCCc1ccc(O)cc1. The average molecular weight is 457 g/mol. The molecule has 0 aliphatic carbocycles. The van der Waals surface area contributed by atoms with Crippen molar-refractivity contribution in [1.29, 1.82) is 0 Å². The van der Waals surface area contributed by atoms with Crippen molar-refractivity contribution < 1.29 is 29.0 Å². The third kappa shape index (κ3) is 9.22. The summed E-state index contributed by atoms with van der Waals surface area (Å²) in [5, 5.41) is 14.7. The molecule has 0 fully saturated rings. The Hall–Kier alpha value is -3.55. The van der Waals surface area contributed by atoms with Crippen LogP contribution in [0.4, 0.5) is 4.79 Å². The molecule has 0 heterocycles. The second kappa shape index (κ2) is 11.4. The summed E-state index contributed by atoms with van der Waals surface area (Å²) in [5.74, 6) is -1.00. The predicted molar refractivity (Wildman–Crippen MR) is 123 cm³/mol. The lowest BCUT2D eigenvalue weighted by Gasteiger charge is -2.30. The first-order valence-corrected chi connectivity index (χ1v) is 10.7. The summed E-state index contributed by atoms with van der Waals surface area (Å²) in [6.07, 6.45) is -0.679. The fraction of sp³-hybridized carbons (Fsp3) is 0.400. The van der Waals surface area contributed by atoms with Gasteiger partial charge in [-0.05, 0) is 57.4 Å². The lowest BCUT2D eigenvalue weighted by Crippen LogP contribution is -2.58. The lowest BCUT2D eigenvalue weighted by molar-refractivity contribution is -0.158. The van der Waals surface area contributed by atoms with Crippen LogP contribution in [0.3, 0.4) is 0 Å². The molecule has 2 aromatic carbocycles. The molecular weight excluding hydrogens is 424 g/mol. The third-order valence-electron chi connectivity index (χ3n) is 4.65. The molecular formula is C25H32N2O6. The van der Waals surface area contributed by atoms with Gasteiger partial charge in [-0.2, -0.15) is 0 Å². The van der Waals surface area contributed by atoms with E-state index in [-0.39, 0.29) is 25.3 Å². The summed E-state index contributed by atoms with van der Waals surface area (Å²) < 4.78 is 10.6.